The number of hydrogen-bond donors (Lipinski definition) is 0. The zero-order valence-corrected chi connectivity index (χ0v) is 12.4. The molecule has 19 heavy (non-hydrogen) atoms. The molecular formula is C15H18ClN3. The molecule has 0 bridgehead atoms. The molecule has 0 aliphatic carbocycles. The van der Waals surface area contributed by atoms with Crippen LogP contribution in [0.4, 0.5) is 5.69 Å². The SMILES string of the molecule is CC(C)c1nc(Cl)cc(-c2ccc(N(C)C)cc2)n1. The predicted octanol–water partition coefficient (Wildman–Crippen LogP) is 3.99. The fourth-order valence-corrected chi connectivity index (χ4v) is 1.96. The fraction of sp³-hybridized carbons (Fsp3) is 0.333. The maximum atomic E-state index is 6.07. The average Bonchev–Trinajstić information content (AvgIpc) is 2.38. The Morgan fingerprint density at radius 2 is 1.68 bits per heavy atom. The van der Waals surface area contributed by atoms with Crippen molar-refractivity contribution in [1.29, 1.82) is 0 Å². The summed E-state index contributed by atoms with van der Waals surface area (Å²) in [6, 6.07) is 10.1. The van der Waals surface area contributed by atoms with E-state index in [-0.39, 0.29) is 5.92 Å². The predicted molar refractivity (Wildman–Crippen MR) is 80.9 cm³/mol. The molecule has 0 fully saturated rings. The number of halogens is 1. The Bertz CT molecular complexity index is 562. The van der Waals surface area contributed by atoms with Gasteiger partial charge in [0.15, 0.2) is 0 Å². The summed E-state index contributed by atoms with van der Waals surface area (Å²) < 4.78 is 0. The van der Waals surface area contributed by atoms with Crippen molar-refractivity contribution in [2.45, 2.75) is 19.8 Å². The van der Waals surface area contributed by atoms with E-state index in [2.05, 4.69) is 53.0 Å². The lowest BCUT2D eigenvalue weighted by Crippen LogP contribution is -2.08. The Balaban J connectivity index is 2.41. The van der Waals surface area contributed by atoms with Gasteiger partial charge in [-0.1, -0.05) is 37.6 Å². The van der Waals surface area contributed by atoms with E-state index in [0.717, 1.165) is 22.8 Å². The molecular weight excluding hydrogens is 258 g/mol. The molecule has 100 valence electrons. The van der Waals surface area contributed by atoms with Crippen molar-refractivity contribution in [2.75, 3.05) is 19.0 Å². The van der Waals surface area contributed by atoms with E-state index in [1.807, 2.05) is 14.1 Å². The highest BCUT2D eigenvalue weighted by atomic mass is 35.5. The fourth-order valence-electron chi connectivity index (χ4n) is 1.77. The van der Waals surface area contributed by atoms with E-state index in [4.69, 9.17) is 11.6 Å². The molecule has 0 saturated heterocycles. The van der Waals surface area contributed by atoms with Crippen LogP contribution in [-0.2, 0) is 0 Å². The number of hydrogen-bond acceptors (Lipinski definition) is 3. The summed E-state index contributed by atoms with van der Waals surface area (Å²) in [5.74, 6) is 1.04. The molecule has 0 unspecified atom stereocenters. The molecule has 1 aromatic heterocycles. The first-order chi connectivity index (χ1) is 8.97. The molecule has 0 atom stereocenters. The summed E-state index contributed by atoms with van der Waals surface area (Å²) in [4.78, 5) is 10.9. The van der Waals surface area contributed by atoms with Gasteiger partial charge in [0.05, 0.1) is 5.69 Å². The molecule has 0 saturated carbocycles. The van der Waals surface area contributed by atoms with Crippen molar-refractivity contribution in [1.82, 2.24) is 9.97 Å². The van der Waals surface area contributed by atoms with Gasteiger partial charge in [-0.05, 0) is 12.1 Å². The minimum Gasteiger partial charge on any atom is -0.378 e. The van der Waals surface area contributed by atoms with Crippen molar-refractivity contribution in [3.63, 3.8) is 0 Å². The normalized spacial score (nSPS) is 10.8. The first-order valence-corrected chi connectivity index (χ1v) is 6.67. The van der Waals surface area contributed by atoms with Gasteiger partial charge in [0.1, 0.15) is 11.0 Å². The molecule has 4 heteroatoms. The van der Waals surface area contributed by atoms with Crippen LogP contribution in [0.3, 0.4) is 0 Å². The smallest absolute Gasteiger partial charge is 0.133 e. The van der Waals surface area contributed by atoms with Crippen LogP contribution >= 0.6 is 11.6 Å². The Morgan fingerprint density at radius 1 is 1.05 bits per heavy atom. The maximum Gasteiger partial charge on any atom is 0.133 e. The molecule has 0 N–H and O–H groups in total. The number of aromatic nitrogens is 2. The topological polar surface area (TPSA) is 29.0 Å². The largest absolute Gasteiger partial charge is 0.378 e. The zero-order chi connectivity index (χ0) is 14.0. The Hall–Kier alpha value is -1.61. The molecule has 2 rings (SSSR count). The van der Waals surface area contributed by atoms with Gasteiger partial charge < -0.3 is 4.90 Å². The van der Waals surface area contributed by atoms with E-state index in [1.165, 1.54) is 0 Å². The van der Waals surface area contributed by atoms with E-state index < -0.39 is 0 Å². The van der Waals surface area contributed by atoms with Gasteiger partial charge in [-0.3, -0.25) is 0 Å². The van der Waals surface area contributed by atoms with E-state index in [0.29, 0.717) is 5.15 Å². The zero-order valence-electron chi connectivity index (χ0n) is 11.7. The second kappa shape index (κ2) is 5.57. The second-order valence-electron chi connectivity index (χ2n) is 5.03. The second-order valence-corrected chi connectivity index (χ2v) is 5.42. The molecule has 1 heterocycles. The highest BCUT2D eigenvalue weighted by Crippen LogP contribution is 2.24. The lowest BCUT2D eigenvalue weighted by atomic mass is 10.1. The number of nitrogens with zero attached hydrogens (tertiary/aromatic N) is 3. The third kappa shape index (κ3) is 3.24. The van der Waals surface area contributed by atoms with Crippen LogP contribution in [0.1, 0.15) is 25.6 Å². The van der Waals surface area contributed by atoms with Gasteiger partial charge in [0, 0.05) is 37.3 Å². The van der Waals surface area contributed by atoms with Crippen LogP contribution in [0.2, 0.25) is 5.15 Å². The third-order valence-electron chi connectivity index (χ3n) is 2.91. The monoisotopic (exact) mass is 275 g/mol. The van der Waals surface area contributed by atoms with Gasteiger partial charge >= 0.3 is 0 Å². The average molecular weight is 276 g/mol. The highest BCUT2D eigenvalue weighted by Gasteiger charge is 2.08. The number of benzene rings is 1. The van der Waals surface area contributed by atoms with E-state index in [1.54, 1.807) is 6.07 Å². The van der Waals surface area contributed by atoms with Crippen LogP contribution in [0.25, 0.3) is 11.3 Å². The molecule has 2 aromatic rings. The minimum atomic E-state index is 0.262. The maximum absolute atomic E-state index is 6.07. The Morgan fingerprint density at radius 3 is 2.21 bits per heavy atom. The van der Waals surface area contributed by atoms with Crippen LogP contribution in [0.5, 0.6) is 0 Å². The Labute approximate surface area is 119 Å². The Kier molecular flexibility index (Phi) is 4.05. The molecule has 0 radical (unpaired) electrons. The van der Waals surface area contributed by atoms with Gasteiger partial charge in [0.25, 0.3) is 0 Å². The lowest BCUT2D eigenvalue weighted by Gasteiger charge is -2.13. The van der Waals surface area contributed by atoms with Crippen molar-refractivity contribution in [3.05, 3.63) is 41.3 Å². The van der Waals surface area contributed by atoms with Gasteiger partial charge in [0.2, 0.25) is 0 Å². The number of anilines is 1. The van der Waals surface area contributed by atoms with Gasteiger partial charge in [-0.25, -0.2) is 9.97 Å². The van der Waals surface area contributed by atoms with Crippen LogP contribution in [-0.4, -0.2) is 24.1 Å². The summed E-state index contributed by atoms with van der Waals surface area (Å²) >= 11 is 6.07. The van der Waals surface area contributed by atoms with Gasteiger partial charge in [-0.2, -0.15) is 0 Å². The van der Waals surface area contributed by atoms with Crippen molar-refractivity contribution in [2.24, 2.45) is 0 Å². The van der Waals surface area contributed by atoms with Crippen LogP contribution < -0.4 is 4.90 Å². The highest BCUT2D eigenvalue weighted by molar-refractivity contribution is 6.29. The van der Waals surface area contributed by atoms with Crippen molar-refractivity contribution >= 4 is 17.3 Å². The van der Waals surface area contributed by atoms with E-state index >= 15 is 0 Å². The van der Waals surface area contributed by atoms with Crippen LogP contribution in [0.15, 0.2) is 30.3 Å². The molecule has 0 aliphatic heterocycles. The van der Waals surface area contributed by atoms with Crippen molar-refractivity contribution < 1.29 is 0 Å². The first kappa shape index (κ1) is 13.8. The summed E-state index contributed by atoms with van der Waals surface area (Å²) in [5, 5.41) is 0.491. The summed E-state index contributed by atoms with van der Waals surface area (Å²) in [7, 11) is 4.04. The third-order valence-corrected chi connectivity index (χ3v) is 3.10. The minimum absolute atomic E-state index is 0.262. The molecule has 0 aliphatic rings. The quantitative estimate of drug-likeness (QED) is 0.793. The van der Waals surface area contributed by atoms with Crippen LogP contribution in [0, 0.1) is 0 Å². The number of rotatable bonds is 3. The molecule has 0 spiro atoms. The molecule has 3 nitrogen and oxygen atoms in total. The first-order valence-electron chi connectivity index (χ1n) is 6.29. The van der Waals surface area contributed by atoms with Crippen molar-refractivity contribution in [3.8, 4) is 11.3 Å². The molecule has 1 aromatic carbocycles. The summed E-state index contributed by atoms with van der Waals surface area (Å²) in [5.41, 5.74) is 3.08. The lowest BCUT2D eigenvalue weighted by molar-refractivity contribution is 0.776. The van der Waals surface area contributed by atoms with E-state index in [9.17, 15) is 0 Å². The summed E-state index contributed by atoms with van der Waals surface area (Å²) in [6.07, 6.45) is 0. The standard InChI is InChI=1S/C15H18ClN3/c1-10(2)15-17-13(9-14(16)18-15)11-5-7-12(8-6-11)19(3)4/h5-10H,1-4H3. The van der Waals surface area contributed by atoms with Gasteiger partial charge in [-0.15, -0.1) is 0 Å². The molecule has 0 amide bonds. The summed E-state index contributed by atoms with van der Waals surface area (Å²) in [6.45, 7) is 4.12.